The zero-order valence-corrected chi connectivity index (χ0v) is 10.2. The lowest BCUT2D eigenvalue weighted by atomic mass is 10.3. The summed E-state index contributed by atoms with van der Waals surface area (Å²) in [6, 6.07) is 7.40. The molecule has 0 amide bonds. The first-order valence-corrected chi connectivity index (χ1v) is 5.59. The highest BCUT2D eigenvalue weighted by molar-refractivity contribution is 5.55. The molecule has 0 fully saturated rings. The highest BCUT2D eigenvalue weighted by Crippen LogP contribution is 2.18. The van der Waals surface area contributed by atoms with Crippen molar-refractivity contribution in [3.05, 3.63) is 40.9 Å². The third kappa shape index (κ3) is 3.31. The molecule has 0 bridgehead atoms. The molecule has 0 saturated carbocycles. The lowest BCUT2D eigenvalue weighted by molar-refractivity contribution is 0.242. The Bertz CT molecular complexity index is 563. The Hall–Kier alpha value is -2.37. The van der Waals surface area contributed by atoms with Gasteiger partial charge in [-0.1, -0.05) is 0 Å². The Morgan fingerprint density at radius 1 is 1.28 bits per heavy atom. The van der Waals surface area contributed by atoms with Gasteiger partial charge in [0.25, 0.3) is 0 Å². The van der Waals surface area contributed by atoms with Crippen LogP contribution in [0.5, 0.6) is 5.75 Å². The summed E-state index contributed by atoms with van der Waals surface area (Å²) in [5, 5.41) is 8.84. The minimum Gasteiger partial charge on any atom is -0.491 e. The summed E-state index contributed by atoms with van der Waals surface area (Å²) < 4.78 is 5.53. The van der Waals surface area contributed by atoms with Crippen LogP contribution in [0.25, 0.3) is 0 Å². The first kappa shape index (κ1) is 12.1. The molecule has 6 heteroatoms. The molecule has 2 rings (SSSR count). The molecule has 0 spiro atoms. The molecule has 0 aliphatic heterocycles. The predicted octanol–water partition coefficient (Wildman–Crippen LogP) is 1.70. The molecule has 6 nitrogen and oxygen atoms in total. The molecule has 2 aromatic rings. The number of nitrogens with zero attached hydrogens (tertiary/aromatic N) is 2. The number of hydrogen-bond acceptors (Lipinski definition) is 5. The zero-order valence-electron chi connectivity index (χ0n) is 10.2. The van der Waals surface area contributed by atoms with Gasteiger partial charge >= 0.3 is 5.69 Å². The van der Waals surface area contributed by atoms with Crippen molar-refractivity contribution in [2.75, 3.05) is 5.32 Å². The van der Waals surface area contributed by atoms with Gasteiger partial charge in [-0.15, -0.1) is 0 Å². The maximum absolute atomic E-state index is 11.0. The molecule has 0 radical (unpaired) electrons. The summed E-state index contributed by atoms with van der Waals surface area (Å²) in [5.41, 5.74) is 0.325. The van der Waals surface area contributed by atoms with Crippen molar-refractivity contribution in [3.63, 3.8) is 0 Å². The van der Waals surface area contributed by atoms with E-state index < -0.39 is 5.69 Å². The summed E-state index contributed by atoms with van der Waals surface area (Å²) in [4.78, 5) is 14.7. The zero-order chi connectivity index (χ0) is 13.0. The van der Waals surface area contributed by atoms with Crippen molar-refractivity contribution < 1.29 is 4.74 Å². The Balaban J connectivity index is 2.08. The molecule has 0 atom stereocenters. The molecular weight excluding hydrogens is 232 g/mol. The van der Waals surface area contributed by atoms with Gasteiger partial charge in [-0.25, -0.2) is 9.89 Å². The van der Waals surface area contributed by atoms with Gasteiger partial charge in [0.2, 0.25) is 0 Å². The molecule has 1 aromatic carbocycles. The number of hydrogen-bond donors (Lipinski definition) is 2. The number of nitrogens with one attached hydrogen (secondary N) is 2. The molecular formula is C12H14N4O2. The topological polar surface area (TPSA) is 79.9 Å². The predicted molar refractivity (Wildman–Crippen MR) is 68.1 cm³/mol. The van der Waals surface area contributed by atoms with E-state index in [1.54, 1.807) is 0 Å². The number of ether oxygens (including phenoxy) is 1. The minimum atomic E-state index is -0.486. The van der Waals surface area contributed by atoms with Gasteiger partial charge < -0.3 is 10.1 Å². The number of H-pyrrole nitrogens is 1. The third-order valence-corrected chi connectivity index (χ3v) is 2.07. The fourth-order valence-corrected chi connectivity index (χ4v) is 1.41. The first-order chi connectivity index (χ1) is 8.63. The number of aromatic amines is 1. The van der Waals surface area contributed by atoms with Crippen LogP contribution in [0.1, 0.15) is 13.8 Å². The number of anilines is 2. The molecule has 1 aromatic heterocycles. The Kier molecular flexibility index (Phi) is 3.57. The average Bonchev–Trinajstić information content (AvgIpc) is 2.31. The van der Waals surface area contributed by atoms with Gasteiger partial charge in [0.1, 0.15) is 5.75 Å². The SMILES string of the molecule is CC(C)Oc1ccc(Nc2cn[nH]c(=O)n2)cc1. The normalized spacial score (nSPS) is 10.4. The molecule has 1 heterocycles. The molecule has 2 N–H and O–H groups in total. The Labute approximate surface area is 104 Å². The van der Waals surface area contributed by atoms with Crippen LogP contribution in [-0.2, 0) is 0 Å². The second-order valence-electron chi connectivity index (χ2n) is 3.99. The quantitative estimate of drug-likeness (QED) is 0.858. The number of aromatic nitrogens is 3. The monoisotopic (exact) mass is 246 g/mol. The van der Waals surface area contributed by atoms with E-state index in [0.29, 0.717) is 5.82 Å². The molecule has 0 aliphatic rings. The van der Waals surface area contributed by atoms with Gasteiger partial charge in [-0.05, 0) is 38.1 Å². The number of rotatable bonds is 4. The van der Waals surface area contributed by atoms with Gasteiger partial charge in [0.15, 0.2) is 5.82 Å². The lowest BCUT2D eigenvalue weighted by Crippen LogP contribution is -2.13. The molecule has 0 aliphatic carbocycles. The van der Waals surface area contributed by atoms with E-state index in [1.165, 1.54) is 6.20 Å². The summed E-state index contributed by atoms with van der Waals surface area (Å²) in [6.07, 6.45) is 1.59. The number of benzene rings is 1. The van der Waals surface area contributed by atoms with Crippen LogP contribution in [0.2, 0.25) is 0 Å². The maximum Gasteiger partial charge on any atom is 0.363 e. The summed E-state index contributed by atoms with van der Waals surface area (Å²) >= 11 is 0. The fraction of sp³-hybridized carbons (Fsp3) is 0.250. The van der Waals surface area contributed by atoms with Crippen molar-refractivity contribution in [1.82, 2.24) is 15.2 Å². The van der Waals surface area contributed by atoms with Crippen LogP contribution in [0, 0.1) is 0 Å². The minimum absolute atomic E-state index is 0.141. The molecule has 94 valence electrons. The standard InChI is InChI=1S/C12H14N4O2/c1-8(2)18-10-5-3-9(4-6-10)14-11-7-13-16-12(17)15-11/h3-8H,1-2H3,(H2,14,15,16,17). The van der Waals surface area contributed by atoms with Crippen LogP contribution in [0.3, 0.4) is 0 Å². The molecule has 0 saturated heterocycles. The van der Waals surface area contributed by atoms with E-state index in [1.807, 2.05) is 38.1 Å². The van der Waals surface area contributed by atoms with Crippen molar-refractivity contribution in [2.24, 2.45) is 0 Å². The van der Waals surface area contributed by atoms with Crippen LogP contribution in [-0.4, -0.2) is 21.3 Å². The van der Waals surface area contributed by atoms with E-state index in [2.05, 4.69) is 20.5 Å². The van der Waals surface area contributed by atoms with E-state index in [-0.39, 0.29) is 6.10 Å². The van der Waals surface area contributed by atoms with E-state index in [4.69, 9.17) is 4.74 Å². The molecule has 0 unspecified atom stereocenters. The third-order valence-electron chi connectivity index (χ3n) is 2.07. The van der Waals surface area contributed by atoms with Gasteiger partial charge in [-0.2, -0.15) is 10.1 Å². The van der Waals surface area contributed by atoms with Gasteiger partial charge in [0, 0.05) is 5.69 Å². The summed E-state index contributed by atoms with van der Waals surface area (Å²) in [7, 11) is 0. The second-order valence-corrected chi connectivity index (χ2v) is 3.99. The highest BCUT2D eigenvalue weighted by Gasteiger charge is 2.00. The van der Waals surface area contributed by atoms with Crippen LogP contribution < -0.4 is 15.7 Å². The second kappa shape index (κ2) is 5.31. The smallest absolute Gasteiger partial charge is 0.363 e. The van der Waals surface area contributed by atoms with Gasteiger partial charge in [-0.3, -0.25) is 0 Å². The van der Waals surface area contributed by atoms with Crippen molar-refractivity contribution in [2.45, 2.75) is 20.0 Å². The fourth-order valence-electron chi connectivity index (χ4n) is 1.41. The maximum atomic E-state index is 11.0. The van der Waals surface area contributed by atoms with Crippen molar-refractivity contribution in [1.29, 1.82) is 0 Å². The Morgan fingerprint density at radius 3 is 2.61 bits per heavy atom. The first-order valence-electron chi connectivity index (χ1n) is 5.59. The molecule has 18 heavy (non-hydrogen) atoms. The summed E-state index contributed by atoms with van der Waals surface area (Å²) in [5.74, 6) is 1.20. The van der Waals surface area contributed by atoms with Crippen LogP contribution in [0.4, 0.5) is 11.5 Å². The van der Waals surface area contributed by atoms with E-state index in [9.17, 15) is 4.79 Å². The van der Waals surface area contributed by atoms with Crippen LogP contribution >= 0.6 is 0 Å². The van der Waals surface area contributed by atoms with Gasteiger partial charge in [0.05, 0.1) is 12.3 Å². The van der Waals surface area contributed by atoms with Crippen LogP contribution in [0.15, 0.2) is 35.3 Å². The lowest BCUT2D eigenvalue weighted by Gasteiger charge is -2.10. The summed E-state index contributed by atoms with van der Waals surface area (Å²) in [6.45, 7) is 3.94. The average molecular weight is 246 g/mol. The van der Waals surface area contributed by atoms with E-state index >= 15 is 0 Å². The van der Waals surface area contributed by atoms with E-state index in [0.717, 1.165) is 11.4 Å². The van der Waals surface area contributed by atoms with Crippen molar-refractivity contribution >= 4 is 11.5 Å². The highest BCUT2D eigenvalue weighted by atomic mass is 16.5. The van der Waals surface area contributed by atoms with Crippen molar-refractivity contribution in [3.8, 4) is 5.75 Å². The Morgan fingerprint density at radius 2 is 2.00 bits per heavy atom. The largest absolute Gasteiger partial charge is 0.491 e.